The number of hydrogen-bond acceptors (Lipinski definition) is 4. The minimum atomic E-state index is -0.303. The van der Waals surface area contributed by atoms with Crippen molar-refractivity contribution in [2.45, 2.75) is 19.5 Å². The monoisotopic (exact) mass is 299 g/mol. The van der Waals surface area contributed by atoms with Crippen molar-refractivity contribution in [1.29, 1.82) is 0 Å². The number of hydrogen-bond donors (Lipinski definition) is 1. The third-order valence-electron chi connectivity index (χ3n) is 3.71. The lowest BCUT2D eigenvalue weighted by Gasteiger charge is -2.16. The standard InChI is InChI=1S/C16H17N3O3/c20-15-7-13(16(21)18-8-12-4-6-22-11-12)9-19(15)10-14-3-1-2-5-17-14/h1-6,11,13H,7-10H2,(H,18,21)/t13-/m0/s1. The fraction of sp³-hybridized carbons (Fsp3) is 0.312. The number of likely N-dealkylation sites (tertiary alicyclic amines) is 1. The van der Waals surface area contributed by atoms with Gasteiger partial charge in [0.05, 0.1) is 30.7 Å². The van der Waals surface area contributed by atoms with E-state index in [0.717, 1.165) is 11.3 Å². The molecule has 2 aromatic heterocycles. The summed E-state index contributed by atoms with van der Waals surface area (Å²) >= 11 is 0. The van der Waals surface area contributed by atoms with E-state index < -0.39 is 0 Å². The molecule has 6 nitrogen and oxygen atoms in total. The topological polar surface area (TPSA) is 75.4 Å². The fourth-order valence-electron chi connectivity index (χ4n) is 2.51. The molecule has 22 heavy (non-hydrogen) atoms. The number of rotatable bonds is 5. The van der Waals surface area contributed by atoms with Gasteiger partial charge in [0.25, 0.3) is 0 Å². The summed E-state index contributed by atoms with van der Waals surface area (Å²) in [5, 5.41) is 2.84. The van der Waals surface area contributed by atoms with Gasteiger partial charge < -0.3 is 14.6 Å². The molecule has 3 rings (SSSR count). The predicted octanol–water partition coefficient (Wildman–Crippen LogP) is 1.34. The van der Waals surface area contributed by atoms with Crippen molar-refractivity contribution < 1.29 is 14.0 Å². The predicted molar refractivity (Wildman–Crippen MR) is 78.3 cm³/mol. The summed E-state index contributed by atoms with van der Waals surface area (Å²) in [6.07, 6.45) is 5.11. The first-order valence-electron chi connectivity index (χ1n) is 7.19. The first-order valence-corrected chi connectivity index (χ1v) is 7.19. The molecule has 0 bridgehead atoms. The van der Waals surface area contributed by atoms with E-state index in [1.807, 2.05) is 18.2 Å². The first-order chi connectivity index (χ1) is 10.7. The van der Waals surface area contributed by atoms with Crippen LogP contribution in [0, 0.1) is 5.92 Å². The van der Waals surface area contributed by atoms with Gasteiger partial charge in [-0.05, 0) is 18.2 Å². The zero-order valence-corrected chi connectivity index (χ0v) is 12.1. The molecule has 1 aliphatic heterocycles. The lowest BCUT2D eigenvalue weighted by Crippen LogP contribution is -2.32. The second-order valence-electron chi connectivity index (χ2n) is 5.35. The van der Waals surface area contributed by atoms with Crippen molar-refractivity contribution in [3.05, 3.63) is 54.2 Å². The zero-order chi connectivity index (χ0) is 15.4. The number of aromatic nitrogens is 1. The van der Waals surface area contributed by atoms with Gasteiger partial charge in [0.2, 0.25) is 11.8 Å². The molecule has 1 fully saturated rings. The second kappa shape index (κ2) is 6.43. The van der Waals surface area contributed by atoms with Crippen LogP contribution in [0.4, 0.5) is 0 Å². The van der Waals surface area contributed by atoms with Gasteiger partial charge in [-0.25, -0.2) is 0 Å². The van der Waals surface area contributed by atoms with Gasteiger partial charge in [0.1, 0.15) is 0 Å². The number of furan rings is 1. The van der Waals surface area contributed by atoms with Crippen LogP contribution in [0.1, 0.15) is 17.7 Å². The summed E-state index contributed by atoms with van der Waals surface area (Å²) in [6, 6.07) is 7.40. The molecular formula is C16H17N3O3. The van der Waals surface area contributed by atoms with E-state index in [-0.39, 0.29) is 24.2 Å². The second-order valence-corrected chi connectivity index (χ2v) is 5.35. The minimum absolute atomic E-state index is 0.00545. The molecule has 2 amide bonds. The Labute approximate surface area is 128 Å². The van der Waals surface area contributed by atoms with E-state index in [4.69, 9.17) is 4.42 Å². The van der Waals surface area contributed by atoms with Gasteiger partial charge in [-0.2, -0.15) is 0 Å². The molecule has 0 aliphatic carbocycles. The van der Waals surface area contributed by atoms with Crippen molar-refractivity contribution in [2.75, 3.05) is 6.54 Å². The maximum Gasteiger partial charge on any atom is 0.225 e. The molecule has 0 radical (unpaired) electrons. The molecule has 0 aromatic carbocycles. The van der Waals surface area contributed by atoms with Crippen molar-refractivity contribution >= 4 is 11.8 Å². The summed E-state index contributed by atoms with van der Waals surface area (Å²) in [5.41, 5.74) is 1.73. The molecule has 1 N–H and O–H groups in total. The van der Waals surface area contributed by atoms with Crippen LogP contribution in [0.25, 0.3) is 0 Å². The molecule has 2 aromatic rings. The highest BCUT2D eigenvalue weighted by Crippen LogP contribution is 2.20. The summed E-state index contributed by atoms with van der Waals surface area (Å²) in [4.78, 5) is 30.1. The summed E-state index contributed by atoms with van der Waals surface area (Å²) in [6.45, 7) is 1.30. The van der Waals surface area contributed by atoms with E-state index in [1.165, 1.54) is 0 Å². The molecule has 1 aliphatic rings. The molecule has 1 saturated heterocycles. The van der Waals surface area contributed by atoms with E-state index in [2.05, 4.69) is 10.3 Å². The molecule has 0 spiro atoms. The van der Waals surface area contributed by atoms with Crippen LogP contribution in [0.3, 0.4) is 0 Å². The van der Waals surface area contributed by atoms with E-state index in [9.17, 15) is 9.59 Å². The third-order valence-corrected chi connectivity index (χ3v) is 3.71. The quantitative estimate of drug-likeness (QED) is 0.904. The average molecular weight is 299 g/mol. The summed E-state index contributed by atoms with van der Waals surface area (Å²) in [7, 11) is 0. The molecule has 1 atom stereocenters. The van der Waals surface area contributed by atoms with Crippen LogP contribution in [-0.4, -0.2) is 28.2 Å². The van der Waals surface area contributed by atoms with Crippen LogP contribution in [0.2, 0.25) is 0 Å². The SMILES string of the molecule is O=C(NCc1ccoc1)[C@H]1CC(=O)N(Cc2ccccn2)C1. The summed E-state index contributed by atoms with van der Waals surface area (Å²) in [5.74, 6) is -0.407. The van der Waals surface area contributed by atoms with Crippen LogP contribution in [-0.2, 0) is 22.7 Å². The van der Waals surface area contributed by atoms with Crippen molar-refractivity contribution in [2.24, 2.45) is 5.92 Å². The van der Waals surface area contributed by atoms with Gasteiger partial charge in [-0.15, -0.1) is 0 Å². The lowest BCUT2D eigenvalue weighted by atomic mass is 10.1. The maximum atomic E-state index is 12.1. The normalized spacial score (nSPS) is 17.7. The van der Waals surface area contributed by atoms with Gasteiger partial charge in [-0.1, -0.05) is 6.07 Å². The summed E-state index contributed by atoms with van der Waals surface area (Å²) < 4.78 is 4.95. The van der Waals surface area contributed by atoms with Crippen LogP contribution in [0.5, 0.6) is 0 Å². The van der Waals surface area contributed by atoms with Gasteiger partial charge in [0.15, 0.2) is 0 Å². The Kier molecular flexibility index (Phi) is 4.18. The fourth-order valence-corrected chi connectivity index (χ4v) is 2.51. The Balaban J connectivity index is 1.53. The molecule has 3 heterocycles. The first kappa shape index (κ1) is 14.3. The Morgan fingerprint density at radius 2 is 2.32 bits per heavy atom. The molecule has 114 valence electrons. The van der Waals surface area contributed by atoms with Crippen molar-refractivity contribution in [1.82, 2.24) is 15.2 Å². The van der Waals surface area contributed by atoms with Gasteiger partial charge in [0, 0.05) is 31.3 Å². The number of pyridine rings is 1. The molecule has 6 heteroatoms. The molecule has 0 unspecified atom stereocenters. The minimum Gasteiger partial charge on any atom is -0.472 e. The maximum absolute atomic E-state index is 12.1. The lowest BCUT2D eigenvalue weighted by molar-refractivity contribution is -0.129. The molecular weight excluding hydrogens is 282 g/mol. The largest absolute Gasteiger partial charge is 0.472 e. The Morgan fingerprint density at radius 1 is 1.41 bits per heavy atom. The number of amides is 2. The van der Waals surface area contributed by atoms with Gasteiger partial charge >= 0.3 is 0 Å². The number of nitrogens with zero attached hydrogens (tertiary/aromatic N) is 2. The van der Waals surface area contributed by atoms with E-state index >= 15 is 0 Å². The highest BCUT2D eigenvalue weighted by Gasteiger charge is 2.34. The van der Waals surface area contributed by atoms with Crippen molar-refractivity contribution in [3.8, 4) is 0 Å². The highest BCUT2D eigenvalue weighted by atomic mass is 16.3. The smallest absolute Gasteiger partial charge is 0.225 e. The number of nitrogens with one attached hydrogen (secondary N) is 1. The Morgan fingerprint density at radius 3 is 3.05 bits per heavy atom. The van der Waals surface area contributed by atoms with Crippen LogP contribution in [0.15, 0.2) is 47.4 Å². The van der Waals surface area contributed by atoms with Crippen molar-refractivity contribution in [3.63, 3.8) is 0 Å². The Bertz CT molecular complexity index is 640. The van der Waals surface area contributed by atoms with E-state index in [1.54, 1.807) is 29.7 Å². The van der Waals surface area contributed by atoms with E-state index in [0.29, 0.717) is 19.6 Å². The van der Waals surface area contributed by atoms with Crippen LogP contribution >= 0.6 is 0 Å². The van der Waals surface area contributed by atoms with Crippen LogP contribution < -0.4 is 5.32 Å². The Hall–Kier alpha value is -2.63. The molecule has 0 saturated carbocycles. The number of carbonyl (C=O) groups excluding carboxylic acids is 2. The zero-order valence-electron chi connectivity index (χ0n) is 12.1. The highest BCUT2D eigenvalue weighted by molar-refractivity contribution is 5.89. The average Bonchev–Trinajstić information content (AvgIpc) is 3.16. The third kappa shape index (κ3) is 3.33. The number of carbonyl (C=O) groups is 2. The van der Waals surface area contributed by atoms with Gasteiger partial charge in [-0.3, -0.25) is 14.6 Å².